The fraction of sp³-hybridized carbons (Fsp3) is 0.611. The van der Waals surface area contributed by atoms with E-state index in [1.165, 1.54) is 25.9 Å². The van der Waals surface area contributed by atoms with E-state index < -0.39 is 0 Å². The zero-order valence-electron chi connectivity index (χ0n) is 13.6. The third kappa shape index (κ3) is 5.68. The molecule has 4 heteroatoms. The normalized spacial score (nSPS) is 16.6. The van der Waals surface area contributed by atoms with Crippen LogP contribution < -0.4 is 5.32 Å². The Balaban J connectivity index is 1.55. The number of phenols is 1. The van der Waals surface area contributed by atoms with Crippen molar-refractivity contribution in [2.24, 2.45) is 5.92 Å². The number of piperidine rings is 1. The number of carbonyl (C=O) groups excluding carboxylic acids is 1. The van der Waals surface area contributed by atoms with Gasteiger partial charge in [-0.15, -0.1) is 0 Å². The van der Waals surface area contributed by atoms with Crippen molar-refractivity contribution in [3.63, 3.8) is 0 Å². The van der Waals surface area contributed by atoms with Crippen molar-refractivity contribution in [2.45, 2.75) is 39.0 Å². The summed E-state index contributed by atoms with van der Waals surface area (Å²) in [6.07, 6.45) is 4.62. The van der Waals surface area contributed by atoms with Crippen molar-refractivity contribution in [3.05, 3.63) is 29.8 Å². The lowest BCUT2D eigenvalue weighted by atomic mass is 9.99. The smallest absolute Gasteiger partial charge is 0.220 e. The lowest BCUT2D eigenvalue weighted by molar-refractivity contribution is -0.121. The first-order valence-corrected chi connectivity index (χ1v) is 8.41. The number of likely N-dealkylation sites (tertiary alicyclic amines) is 1. The van der Waals surface area contributed by atoms with Crippen LogP contribution in [-0.4, -0.2) is 42.1 Å². The molecule has 0 saturated carbocycles. The second-order valence-electron chi connectivity index (χ2n) is 6.36. The van der Waals surface area contributed by atoms with Crippen LogP contribution in [0.4, 0.5) is 0 Å². The van der Waals surface area contributed by atoms with Gasteiger partial charge in [-0.1, -0.05) is 25.1 Å². The van der Waals surface area contributed by atoms with Crippen LogP contribution in [0.25, 0.3) is 0 Å². The number of amides is 1. The predicted molar refractivity (Wildman–Crippen MR) is 88.9 cm³/mol. The summed E-state index contributed by atoms with van der Waals surface area (Å²) < 4.78 is 0. The first kappa shape index (κ1) is 16.8. The molecule has 0 unspecified atom stereocenters. The summed E-state index contributed by atoms with van der Waals surface area (Å²) in [5.74, 6) is 1.20. The molecule has 0 aliphatic carbocycles. The molecule has 0 aromatic heterocycles. The molecule has 22 heavy (non-hydrogen) atoms. The largest absolute Gasteiger partial charge is 0.508 e. The zero-order valence-corrected chi connectivity index (χ0v) is 13.6. The standard InChI is InChI=1S/C18H28N2O2/c1-15-9-13-20(14-10-15)12-4-11-19-18(22)8-7-16-5-2-3-6-17(16)21/h2-3,5-6,15,21H,4,7-14H2,1H3,(H,19,22). The molecular formula is C18H28N2O2. The third-order valence-corrected chi connectivity index (χ3v) is 4.46. The summed E-state index contributed by atoms with van der Waals surface area (Å²) >= 11 is 0. The molecule has 1 aliphatic rings. The maximum atomic E-state index is 11.8. The molecule has 1 fully saturated rings. The molecule has 1 aromatic carbocycles. The van der Waals surface area contributed by atoms with E-state index in [2.05, 4.69) is 17.1 Å². The van der Waals surface area contributed by atoms with Crippen LogP contribution in [0.3, 0.4) is 0 Å². The van der Waals surface area contributed by atoms with Gasteiger partial charge in [-0.25, -0.2) is 0 Å². The Morgan fingerprint density at radius 1 is 1.32 bits per heavy atom. The molecule has 2 N–H and O–H groups in total. The van der Waals surface area contributed by atoms with Crippen LogP contribution >= 0.6 is 0 Å². The Morgan fingerprint density at radius 3 is 2.77 bits per heavy atom. The number of hydrogen-bond donors (Lipinski definition) is 2. The summed E-state index contributed by atoms with van der Waals surface area (Å²) in [5.41, 5.74) is 0.833. The van der Waals surface area contributed by atoms with Crippen LogP contribution in [0.1, 0.15) is 38.2 Å². The van der Waals surface area contributed by atoms with Crippen LogP contribution in [0.5, 0.6) is 5.75 Å². The third-order valence-electron chi connectivity index (χ3n) is 4.46. The minimum atomic E-state index is 0.0653. The second kappa shape index (κ2) is 8.79. The number of nitrogens with zero attached hydrogens (tertiary/aromatic N) is 1. The monoisotopic (exact) mass is 304 g/mol. The number of para-hydroxylation sites is 1. The molecule has 122 valence electrons. The van der Waals surface area contributed by atoms with Gasteiger partial charge in [0.2, 0.25) is 5.91 Å². The van der Waals surface area contributed by atoms with Gasteiger partial charge in [0.1, 0.15) is 5.75 Å². The van der Waals surface area contributed by atoms with Crippen LogP contribution in [0.2, 0.25) is 0 Å². The van der Waals surface area contributed by atoms with Crippen LogP contribution in [0.15, 0.2) is 24.3 Å². The van der Waals surface area contributed by atoms with Crippen molar-refractivity contribution in [1.82, 2.24) is 10.2 Å². The number of carbonyl (C=O) groups is 1. The number of aromatic hydroxyl groups is 1. The lowest BCUT2D eigenvalue weighted by Crippen LogP contribution is -2.35. The average molecular weight is 304 g/mol. The van der Waals surface area contributed by atoms with Gasteiger partial charge in [0.05, 0.1) is 0 Å². The van der Waals surface area contributed by atoms with E-state index in [1.54, 1.807) is 12.1 Å². The van der Waals surface area contributed by atoms with E-state index in [4.69, 9.17) is 0 Å². The van der Waals surface area contributed by atoms with E-state index in [0.29, 0.717) is 12.8 Å². The summed E-state index contributed by atoms with van der Waals surface area (Å²) in [6, 6.07) is 7.19. The van der Waals surface area contributed by atoms with Gasteiger partial charge < -0.3 is 15.3 Å². The molecule has 0 spiro atoms. The van der Waals surface area contributed by atoms with Gasteiger partial charge in [-0.05, 0) is 62.9 Å². The molecule has 1 aromatic rings. The van der Waals surface area contributed by atoms with Crippen molar-refractivity contribution in [1.29, 1.82) is 0 Å². The fourth-order valence-corrected chi connectivity index (χ4v) is 2.87. The van der Waals surface area contributed by atoms with E-state index in [1.807, 2.05) is 12.1 Å². The van der Waals surface area contributed by atoms with Crippen molar-refractivity contribution < 1.29 is 9.90 Å². The molecule has 1 amide bonds. The Labute approximate surface area is 133 Å². The highest BCUT2D eigenvalue weighted by atomic mass is 16.3. The molecule has 2 rings (SSSR count). The van der Waals surface area contributed by atoms with Gasteiger partial charge in [-0.3, -0.25) is 4.79 Å². The highest BCUT2D eigenvalue weighted by molar-refractivity contribution is 5.76. The van der Waals surface area contributed by atoms with Gasteiger partial charge in [0.25, 0.3) is 0 Å². The highest BCUT2D eigenvalue weighted by Gasteiger charge is 2.14. The number of rotatable bonds is 7. The van der Waals surface area contributed by atoms with Crippen molar-refractivity contribution in [3.8, 4) is 5.75 Å². The van der Waals surface area contributed by atoms with E-state index in [9.17, 15) is 9.90 Å². The second-order valence-corrected chi connectivity index (χ2v) is 6.36. The Kier molecular flexibility index (Phi) is 6.72. The van der Waals surface area contributed by atoms with Crippen molar-refractivity contribution >= 4 is 5.91 Å². The molecule has 0 bridgehead atoms. The number of aryl methyl sites for hydroxylation is 1. The SMILES string of the molecule is CC1CCN(CCCNC(=O)CCc2ccccc2O)CC1. The number of hydrogen-bond acceptors (Lipinski definition) is 3. The minimum Gasteiger partial charge on any atom is -0.508 e. The van der Waals surface area contributed by atoms with E-state index >= 15 is 0 Å². The minimum absolute atomic E-state index is 0.0653. The predicted octanol–water partition coefficient (Wildman–Crippen LogP) is 2.56. The average Bonchev–Trinajstić information content (AvgIpc) is 2.52. The maximum absolute atomic E-state index is 11.8. The number of nitrogens with one attached hydrogen (secondary N) is 1. The van der Waals surface area contributed by atoms with E-state index in [-0.39, 0.29) is 11.7 Å². The molecule has 0 radical (unpaired) electrons. The highest BCUT2D eigenvalue weighted by Crippen LogP contribution is 2.17. The Morgan fingerprint density at radius 2 is 2.05 bits per heavy atom. The first-order chi connectivity index (χ1) is 10.6. The fourth-order valence-electron chi connectivity index (χ4n) is 2.87. The van der Waals surface area contributed by atoms with Crippen LogP contribution in [0, 0.1) is 5.92 Å². The molecule has 1 aliphatic heterocycles. The Bertz CT molecular complexity index is 468. The van der Waals surface area contributed by atoms with Gasteiger partial charge in [-0.2, -0.15) is 0 Å². The van der Waals surface area contributed by atoms with E-state index in [0.717, 1.165) is 31.0 Å². The van der Waals surface area contributed by atoms with Crippen molar-refractivity contribution in [2.75, 3.05) is 26.2 Å². The van der Waals surface area contributed by atoms with Gasteiger partial charge >= 0.3 is 0 Å². The molecule has 0 atom stereocenters. The molecule has 4 nitrogen and oxygen atoms in total. The summed E-state index contributed by atoms with van der Waals surface area (Å²) in [7, 11) is 0. The maximum Gasteiger partial charge on any atom is 0.220 e. The first-order valence-electron chi connectivity index (χ1n) is 8.41. The summed E-state index contributed by atoms with van der Waals surface area (Å²) in [6.45, 7) is 6.53. The van der Waals surface area contributed by atoms with Gasteiger partial charge in [0.15, 0.2) is 0 Å². The number of benzene rings is 1. The molecule has 1 heterocycles. The molecular weight excluding hydrogens is 276 g/mol. The topological polar surface area (TPSA) is 52.6 Å². The Hall–Kier alpha value is -1.55. The zero-order chi connectivity index (χ0) is 15.8. The summed E-state index contributed by atoms with van der Waals surface area (Å²) in [5, 5.41) is 12.6. The van der Waals surface area contributed by atoms with Crippen LogP contribution in [-0.2, 0) is 11.2 Å². The molecule has 1 saturated heterocycles. The lowest BCUT2D eigenvalue weighted by Gasteiger charge is -2.30. The summed E-state index contributed by atoms with van der Waals surface area (Å²) in [4.78, 5) is 14.3. The quantitative estimate of drug-likeness (QED) is 0.761. The number of phenolic OH excluding ortho intramolecular Hbond substituents is 1. The van der Waals surface area contributed by atoms with Gasteiger partial charge in [0, 0.05) is 13.0 Å².